The molecular weight excluding hydrogens is 260 g/mol. The monoisotopic (exact) mass is 282 g/mol. The van der Waals surface area contributed by atoms with Crippen molar-refractivity contribution in [3.05, 3.63) is 35.4 Å². The van der Waals surface area contributed by atoms with E-state index >= 15 is 0 Å². The summed E-state index contributed by atoms with van der Waals surface area (Å²) >= 11 is 0. The molecule has 1 aromatic rings. The maximum Gasteiger partial charge on any atom is 0.151 e. The van der Waals surface area contributed by atoms with Crippen LogP contribution in [0.1, 0.15) is 23.6 Å². The van der Waals surface area contributed by atoms with Gasteiger partial charge in [0.1, 0.15) is 0 Å². The van der Waals surface area contributed by atoms with Gasteiger partial charge in [0.05, 0.1) is 5.75 Å². The number of hydrogen-bond acceptors (Lipinski definition) is 4. The highest BCUT2D eigenvalue weighted by atomic mass is 32.2. The van der Waals surface area contributed by atoms with E-state index in [0.717, 1.165) is 18.5 Å². The molecule has 0 amide bonds. The maximum absolute atomic E-state index is 11.4. The lowest BCUT2D eigenvalue weighted by Gasteiger charge is -2.20. The zero-order chi connectivity index (χ0) is 14.0. The van der Waals surface area contributed by atoms with E-state index in [1.54, 1.807) is 0 Å². The molecule has 0 aliphatic carbocycles. The fourth-order valence-electron chi connectivity index (χ4n) is 2.86. The van der Waals surface area contributed by atoms with Gasteiger partial charge < -0.3 is 5.73 Å². The molecule has 0 spiro atoms. The highest BCUT2D eigenvalue weighted by Gasteiger charge is 2.29. The van der Waals surface area contributed by atoms with E-state index in [1.807, 2.05) is 18.2 Å². The molecule has 2 rings (SSSR count). The molecule has 1 fully saturated rings. The van der Waals surface area contributed by atoms with Crippen LogP contribution in [-0.4, -0.2) is 39.7 Å². The van der Waals surface area contributed by atoms with E-state index in [-0.39, 0.29) is 5.75 Å². The lowest BCUT2D eigenvalue weighted by atomic mass is 9.99. The van der Waals surface area contributed by atoms with Gasteiger partial charge in [-0.1, -0.05) is 24.3 Å². The quantitative estimate of drug-likeness (QED) is 0.901. The average molecular weight is 282 g/mol. The minimum Gasteiger partial charge on any atom is -0.330 e. The molecule has 2 N–H and O–H groups in total. The second kappa shape index (κ2) is 5.61. The van der Waals surface area contributed by atoms with Crippen molar-refractivity contribution >= 4 is 9.84 Å². The molecule has 5 heteroatoms. The van der Waals surface area contributed by atoms with Crippen molar-refractivity contribution in [1.82, 2.24) is 4.90 Å². The minimum atomic E-state index is -2.98. The predicted molar refractivity (Wildman–Crippen MR) is 77.5 cm³/mol. The summed E-state index contributed by atoms with van der Waals surface area (Å²) < 4.78 is 22.7. The summed E-state index contributed by atoms with van der Waals surface area (Å²) in [5.41, 5.74) is 7.80. The Morgan fingerprint density at radius 1 is 1.42 bits per heavy atom. The van der Waals surface area contributed by atoms with Crippen LogP contribution in [0.15, 0.2) is 24.3 Å². The highest BCUT2D eigenvalue weighted by molar-refractivity contribution is 7.89. The van der Waals surface area contributed by atoms with Gasteiger partial charge >= 0.3 is 0 Å². The van der Waals surface area contributed by atoms with Crippen LogP contribution in [0.5, 0.6) is 0 Å². The van der Waals surface area contributed by atoms with Crippen LogP contribution in [0.4, 0.5) is 0 Å². The molecule has 1 aliphatic rings. The molecular formula is C14H22N2O2S. The van der Waals surface area contributed by atoms with E-state index in [1.165, 1.54) is 11.8 Å². The summed E-state index contributed by atoms with van der Waals surface area (Å²) in [5.74, 6) is 0.644. The molecule has 4 nitrogen and oxygen atoms in total. The zero-order valence-electron chi connectivity index (χ0n) is 11.5. The summed E-state index contributed by atoms with van der Waals surface area (Å²) in [6, 6.07) is 8.26. The molecule has 2 atom stereocenters. The van der Waals surface area contributed by atoms with E-state index in [9.17, 15) is 8.42 Å². The molecule has 1 saturated heterocycles. The Labute approximate surface area is 115 Å². The van der Waals surface area contributed by atoms with Crippen molar-refractivity contribution in [2.45, 2.75) is 18.2 Å². The smallest absolute Gasteiger partial charge is 0.151 e. The Hall–Kier alpha value is -0.910. The van der Waals surface area contributed by atoms with E-state index < -0.39 is 9.84 Å². The third-order valence-electron chi connectivity index (χ3n) is 3.73. The first-order valence-electron chi connectivity index (χ1n) is 6.56. The van der Waals surface area contributed by atoms with Crippen LogP contribution < -0.4 is 5.73 Å². The number of nitrogens with two attached hydrogens (primary N) is 1. The summed E-state index contributed by atoms with van der Waals surface area (Å²) in [6.07, 6.45) is 2.32. The number of likely N-dealkylation sites (tertiary alicyclic amines) is 1. The van der Waals surface area contributed by atoms with Crippen LogP contribution in [-0.2, 0) is 15.6 Å². The second-order valence-electron chi connectivity index (χ2n) is 5.61. The van der Waals surface area contributed by atoms with Gasteiger partial charge in [0.2, 0.25) is 0 Å². The molecule has 0 bridgehead atoms. The number of hydrogen-bond donors (Lipinski definition) is 1. The lowest BCUT2D eigenvalue weighted by molar-refractivity contribution is 0.313. The Kier molecular flexibility index (Phi) is 4.28. The third kappa shape index (κ3) is 3.78. The van der Waals surface area contributed by atoms with Gasteiger partial charge in [0.25, 0.3) is 0 Å². The number of nitrogens with zero attached hydrogens (tertiary/aromatic N) is 1. The Morgan fingerprint density at radius 3 is 2.74 bits per heavy atom. The van der Waals surface area contributed by atoms with Gasteiger partial charge in [0.15, 0.2) is 9.84 Å². The molecule has 19 heavy (non-hydrogen) atoms. The Bertz CT molecular complexity index is 542. The zero-order valence-corrected chi connectivity index (χ0v) is 12.4. The molecule has 1 aliphatic heterocycles. The molecule has 1 aromatic carbocycles. The molecule has 1 heterocycles. The molecule has 106 valence electrons. The number of benzene rings is 1. The van der Waals surface area contributed by atoms with Crippen LogP contribution in [0.25, 0.3) is 0 Å². The van der Waals surface area contributed by atoms with Crippen LogP contribution >= 0.6 is 0 Å². The van der Waals surface area contributed by atoms with E-state index in [4.69, 9.17) is 5.73 Å². The van der Waals surface area contributed by atoms with Gasteiger partial charge in [-0.15, -0.1) is 0 Å². The van der Waals surface area contributed by atoms with Crippen molar-refractivity contribution in [3.8, 4) is 0 Å². The van der Waals surface area contributed by atoms with Crippen LogP contribution in [0.2, 0.25) is 0 Å². The standard InChI is InChI=1S/C14H22N2O2S/c1-16-9-12(8-15)7-14(16)13-5-3-4-11(6-13)10-19(2,17)18/h3-6,12,14H,7-10,15H2,1-2H3. The maximum atomic E-state index is 11.4. The van der Waals surface area contributed by atoms with Crippen molar-refractivity contribution in [1.29, 1.82) is 0 Å². The SMILES string of the molecule is CN1CC(CN)CC1c1cccc(CS(C)(=O)=O)c1. The minimum absolute atomic E-state index is 0.109. The van der Waals surface area contributed by atoms with Crippen molar-refractivity contribution in [3.63, 3.8) is 0 Å². The van der Waals surface area contributed by atoms with Gasteiger partial charge in [-0.25, -0.2) is 8.42 Å². The van der Waals surface area contributed by atoms with E-state index in [0.29, 0.717) is 18.5 Å². The summed E-state index contributed by atoms with van der Waals surface area (Å²) in [4.78, 5) is 2.30. The van der Waals surface area contributed by atoms with Crippen LogP contribution in [0.3, 0.4) is 0 Å². The summed E-state index contributed by atoms with van der Waals surface area (Å²) in [5, 5.41) is 0. The summed E-state index contributed by atoms with van der Waals surface area (Å²) in [7, 11) is -0.879. The fourth-order valence-corrected chi connectivity index (χ4v) is 3.64. The van der Waals surface area contributed by atoms with Crippen molar-refractivity contribution in [2.75, 3.05) is 26.4 Å². The average Bonchev–Trinajstić information content (AvgIpc) is 2.69. The fraction of sp³-hybridized carbons (Fsp3) is 0.571. The lowest BCUT2D eigenvalue weighted by Crippen LogP contribution is -2.20. The van der Waals surface area contributed by atoms with Crippen molar-refractivity contribution in [2.24, 2.45) is 11.7 Å². The number of rotatable bonds is 4. The third-order valence-corrected chi connectivity index (χ3v) is 4.59. The number of sulfone groups is 1. The topological polar surface area (TPSA) is 63.4 Å². The second-order valence-corrected chi connectivity index (χ2v) is 7.75. The predicted octanol–water partition coefficient (Wildman–Crippen LogP) is 1.18. The first kappa shape index (κ1) is 14.5. The molecule has 0 aromatic heterocycles. The summed E-state index contributed by atoms with van der Waals surface area (Å²) in [6.45, 7) is 1.72. The molecule has 2 unspecified atom stereocenters. The normalized spacial score (nSPS) is 24.8. The van der Waals surface area contributed by atoms with Gasteiger partial charge in [0, 0.05) is 18.8 Å². The van der Waals surface area contributed by atoms with Crippen LogP contribution in [0, 0.1) is 5.92 Å². The Morgan fingerprint density at radius 2 is 2.16 bits per heavy atom. The first-order chi connectivity index (χ1) is 8.89. The van der Waals surface area contributed by atoms with Gasteiger partial charge in [-0.05, 0) is 37.1 Å². The molecule has 0 radical (unpaired) electrons. The van der Waals surface area contributed by atoms with Crippen molar-refractivity contribution < 1.29 is 8.42 Å². The highest BCUT2D eigenvalue weighted by Crippen LogP contribution is 2.33. The largest absolute Gasteiger partial charge is 0.330 e. The first-order valence-corrected chi connectivity index (χ1v) is 8.62. The van der Waals surface area contributed by atoms with Gasteiger partial charge in [-0.2, -0.15) is 0 Å². The van der Waals surface area contributed by atoms with Gasteiger partial charge in [-0.3, -0.25) is 4.90 Å². The van der Waals surface area contributed by atoms with E-state index in [2.05, 4.69) is 18.0 Å². The molecule has 0 saturated carbocycles. The Balaban J connectivity index is 2.19.